The van der Waals surface area contributed by atoms with E-state index in [1.807, 2.05) is 0 Å². The molecule has 23 heavy (non-hydrogen) atoms. The van der Waals surface area contributed by atoms with Crippen LogP contribution in [0.15, 0.2) is 0 Å². The minimum absolute atomic E-state index is 0.0388. The van der Waals surface area contributed by atoms with E-state index in [-0.39, 0.29) is 18.2 Å². The lowest BCUT2D eigenvalue weighted by molar-refractivity contribution is -0.143. The molecule has 134 valence electrons. The summed E-state index contributed by atoms with van der Waals surface area (Å²) in [6, 6.07) is 0. The van der Waals surface area contributed by atoms with Crippen molar-refractivity contribution in [3.05, 3.63) is 0 Å². The average molecular weight is 365 g/mol. The van der Waals surface area contributed by atoms with Gasteiger partial charge < -0.3 is 15.7 Å². The number of nitrogens with one attached hydrogen (secondary N) is 2. The van der Waals surface area contributed by atoms with Crippen molar-refractivity contribution in [2.45, 2.75) is 50.7 Å². The molecule has 0 aliphatic heterocycles. The van der Waals surface area contributed by atoms with Crippen LogP contribution in [0.1, 0.15) is 45.4 Å². The molecule has 2 unspecified atom stereocenters. The highest BCUT2D eigenvalue weighted by Gasteiger charge is 2.15. The predicted molar refractivity (Wildman–Crippen MR) is 97.1 cm³/mol. The summed E-state index contributed by atoms with van der Waals surface area (Å²) >= 11 is 8.59. The molecule has 0 aromatic carbocycles. The Labute approximate surface area is 149 Å². The van der Waals surface area contributed by atoms with E-state index in [2.05, 4.69) is 35.9 Å². The van der Waals surface area contributed by atoms with Gasteiger partial charge in [0.15, 0.2) is 0 Å². The molecule has 0 spiro atoms. The van der Waals surface area contributed by atoms with Gasteiger partial charge in [0.2, 0.25) is 11.8 Å². The van der Waals surface area contributed by atoms with Crippen molar-refractivity contribution >= 4 is 43.0 Å². The third kappa shape index (κ3) is 13.3. The number of carboxylic acids is 1. The molecule has 0 fully saturated rings. The van der Waals surface area contributed by atoms with Crippen molar-refractivity contribution in [2.24, 2.45) is 5.92 Å². The molecular formula is C15H28N2O4S2. The highest BCUT2D eigenvalue weighted by Crippen LogP contribution is 2.12. The van der Waals surface area contributed by atoms with Crippen molar-refractivity contribution < 1.29 is 19.5 Å². The van der Waals surface area contributed by atoms with E-state index in [1.54, 1.807) is 0 Å². The van der Waals surface area contributed by atoms with E-state index in [0.717, 1.165) is 31.4 Å². The molecule has 2 atom stereocenters. The van der Waals surface area contributed by atoms with Crippen LogP contribution in [0.4, 0.5) is 0 Å². The monoisotopic (exact) mass is 364 g/mol. The van der Waals surface area contributed by atoms with Gasteiger partial charge in [-0.2, -0.15) is 25.3 Å². The topological polar surface area (TPSA) is 95.5 Å². The number of thiol groups is 2. The highest BCUT2D eigenvalue weighted by atomic mass is 32.1. The Kier molecular flexibility index (Phi) is 13.0. The first-order valence-electron chi connectivity index (χ1n) is 7.92. The molecule has 0 heterocycles. The van der Waals surface area contributed by atoms with Gasteiger partial charge in [-0.15, -0.1) is 0 Å². The molecule has 0 aliphatic rings. The highest BCUT2D eigenvalue weighted by molar-refractivity contribution is 7.81. The van der Waals surface area contributed by atoms with Crippen LogP contribution < -0.4 is 10.6 Å². The van der Waals surface area contributed by atoms with Crippen LogP contribution in [0.3, 0.4) is 0 Å². The van der Waals surface area contributed by atoms with E-state index in [1.165, 1.54) is 6.92 Å². The van der Waals surface area contributed by atoms with Crippen LogP contribution in [0.25, 0.3) is 0 Å². The van der Waals surface area contributed by atoms with Crippen LogP contribution >= 0.6 is 25.3 Å². The summed E-state index contributed by atoms with van der Waals surface area (Å²) in [6.07, 6.45) is 4.14. The zero-order valence-electron chi connectivity index (χ0n) is 13.6. The van der Waals surface area contributed by atoms with Gasteiger partial charge in [-0.05, 0) is 25.0 Å². The van der Waals surface area contributed by atoms with Crippen LogP contribution in [0, 0.1) is 5.92 Å². The quantitative estimate of drug-likeness (QED) is 0.253. The molecular weight excluding hydrogens is 336 g/mol. The summed E-state index contributed by atoms with van der Waals surface area (Å²) in [5, 5.41) is 14.4. The summed E-state index contributed by atoms with van der Waals surface area (Å²) < 4.78 is 0. The Bertz CT molecular complexity index is 380. The minimum atomic E-state index is -0.994. The molecule has 0 rings (SSSR count). The van der Waals surface area contributed by atoms with Crippen LogP contribution in [-0.4, -0.2) is 47.0 Å². The summed E-state index contributed by atoms with van der Waals surface area (Å²) in [7, 11) is 0. The third-order valence-electron chi connectivity index (χ3n) is 3.34. The molecule has 0 bridgehead atoms. The number of rotatable bonds is 13. The fourth-order valence-electron chi connectivity index (χ4n) is 1.89. The van der Waals surface area contributed by atoms with Gasteiger partial charge in [-0.25, -0.2) is 0 Å². The molecule has 8 heteroatoms. The first kappa shape index (κ1) is 22.1. The molecule has 0 saturated heterocycles. The second kappa shape index (κ2) is 13.5. The predicted octanol–water partition coefficient (Wildman–Crippen LogP) is 1.51. The number of carbonyl (C=O) groups is 3. The summed E-state index contributed by atoms with van der Waals surface area (Å²) in [6.45, 7) is 2.13. The standard InChI is InChI=1S/C15H28N2O4S2/c1-11(15(20)21)10-14(19)17-8-7-16-13(18)5-3-2-4-12(23)6-9-22/h11-12,22-23H,2-10H2,1H3,(H,16,18)(H,17,19)(H,20,21). The molecule has 6 nitrogen and oxygen atoms in total. The number of hydrogen-bond donors (Lipinski definition) is 5. The summed E-state index contributed by atoms with van der Waals surface area (Å²) in [5.41, 5.74) is 0. The average Bonchev–Trinajstić information content (AvgIpc) is 2.48. The maximum absolute atomic E-state index is 11.6. The lowest BCUT2D eigenvalue weighted by atomic mass is 10.1. The molecule has 0 aromatic rings. The fourth-order valence-corrected chi connectivity index (χ4v) is 2.72. The Balaban J connectivity index is 3.56. The van der Waals surface area contributed by atoms with Crippen LogP contribution in [0.2, 0.25) is 0 Å². The third-order valence-corrected chi connectivity index (χ3v) is 4.11. The minimum Gasteiger partial charge on any atom is -0.481 e. The normalized spacial score (nSPS) is 13.2. The fraction of sp³-hybridized carbons (Fsp3) is 0.800. The zero-order valence-corrected chi connectivity index (χ0v) is 15.4. The second-order valence-electron chi connectivity index (χ2n) is 5.56. The first-order chi connectivity index (χ1) is 10.9. The number of carboxylic acid groups (broad SMARTS) is 1. The van der Waals surface area contributed by atoms with Crippen molar-refractivity contribution in [2.75, 3.05) is 18.8 Å². The Morgan fingerprint density at radius 3 is 2.22 bits per heavy atom. The summed E-state index contributed by atoms with van der Waals surface area (Å²) in [5.74, 6) is -1.23. The second-order valence-corrected chi connectivity index (χ2v) is 6.73. The van der Waals surface area contributed by atoms with E-state index < -0.39 is 11.9 Å². The van der Waals surface area contributed by atoms with Crippen molar-refractivity contribution in [3.63, 3.8) is 0 Å². The maximum atomic E-state index is 11.6. The van der Waals surface area contributed by atoms with E-state index >= 15 is 0 Å². The van der Waals surface area contributed by atoms with E-state index in [9.17, 15) is 14.4 Å². The Morgan fingerprint density at radius 2 is 1.65 bits per heavy atom. The number of amides is 2. The van der Waals surface area contributed by atoms with Gasteiger partial charge in [0, 0.05) is 31.2 Å². The van der Waals surface area contributed by atoms with Crippen molar-refractivity contribution in [1.29, 1.82) is 0 Å². The maximum Gasteiger partial charge on any atom is 0.306 e. The number of carbonyl (C=O) groups excluding carboxylic acids is 2. The first-order valence-corrected chi connectivity index (χ1v) is 9.06. The molecule has 0 radical (unpaired) electrons. The van der Waals surface area contributed by atoms with E-state index in [0.29, 0.717) is 24.8 Å². The smallest absolute Gasteiger partial charge is 0.306 e. The molecule has 0 aliphatic carbocycles. The molecule has 3 N–H and O–H groups in total. The molecule has 0 saturated carbocycles. The van der Waals surface area contributed by atoms with Crippen molar-refractivity contribution in [3.8, 4) is 0 Å². The lowest BCUT2D eigenvalue weighted by Gasteiger charge is -2.10. The van der Waals surface area contributed by atoms with Crippen LogP contribution in [0.5, 0.6) is 0 Å². The van der Waals surface area contributed by atoms with Gasteiger partial charge >= 0.3 is 5.97 Å². The Morgan fingerprint density at radius 1 is 1.04 bits per heavy atom. The van der Waals surface area contributed by atoms with Gasteiger partial charge in [0.25, 0.3) is 0 Å². The SMILES string of the molecule is CC(CC(=O)NCCNC(=O)CCCCC(S)CCS)C(=O)O. The largest absolute Gasteiger partial charge is 0.481 e. The van der Waals surface area contributed by atoms with Gasteiger partial charge in [-0.3, -0.25) is 14.4 Å². The van der Waals surface area contributed by atoms with Gasteiger partial charge in [0.05, 0.1) is 5.92 Å². The van der Waals surface area contributed by atoms with Crippen LogP contribution in [-0.2, 0) is 14.4 Å². The van der Waals surface area contributed by atoms with E-state index in [4.69, 9.17) is 5.11 Å². The summed E-state index contributed by atoms with van der Waals surface area (Å²) in [4.78, 5) is 33.6. The number of aliphatic carboxylic acids is 1. The Hall–Kier alpha value is -0.890. The lowest BCUT2D eigenvalue weighted by Crippen LogP contribution is -2.35. The van der Waals surface area contributed by atoms with Gasteiger partial charge in [0.1, 0.15) is 0 Å². The number of hydrogen-bond acceptors (Lipinski definition) is 5. The zero-order chi connectivity index (χ0) is 17.7. The van der Waals surface area contributed by atoms with Gasteiger partial charge in [-0.1, -0.05) is 13.3 Å². The molecule has 2 amide bonds. The van der Waals surface area contributed by atoms with Crippen molar-refractivity contribution in [1.82, 2.24) is 10.6 Å². The number of unbranched alkanes of at least 4 members (excludes halogenated alkanes) is 1. The molecule has 0 aromatic heterocycles.